The van der Waals surface area contributed by atoms with Crippen LogP contribution >= 0.6 is 11.8 Å². The number of anilines is 3. The number of fused-ring (bicyclic) bond motifs is 11. The standard InChI is InChI=1S/C42H35BN2S/c1-41(2,3)25-18-19-33-28(21-25)30-22-26(42(4,5)6)23-31-29-20-24-12-7-8-13-27(24)39-37(29)43(45(33)38(30)31)32-14-11-17-36-40(32)44(39)34-15-9-10-16-35(34)46-36/h7-23H,1-6H3. The average molecular weight is 611 g/mol. The first-order valence-electron chi connectivity index (χ1n) is 16.5. The van der Waals surface area contributed by atoms with Crippen LogP contribution in [0.15, 0.2) is 113 Å². The van der Waals surface area contributed by atoms with Gasteiger partial charge in [-0.2, -0.15) is 0 Å². The first kappa shape index (κ1) is 26.8. The summed E-state index contributed by atoms with van der Waals surface area (Å²) in [7, 11) is 0. The minimum Gasteiger partial charge on any atom is -0.375 e. The smallest absolute Gasteiger partial charge is 0.333 e. The van der Waals surface area contributed by atoms with Crippen molar-refractivity contribution in [1.29, 1.82) is 0 Å². The molecule has 0 unspecified atom stereocenters. The summed E-state index contributed by atoms with van der Waals surface area (Å²) in [6, 6.07) is 39.7. The lowest BCUT2D eigenvalue weighted by atomic mass is 9.44. The fourth-order valence-electron chi connectivity index (χ4n) is 8.34. The Labute approximate surface area is 275 Å². The van der Waals surface area contributed by atoms with Gasteiger partial charge in [-0.05, 0) is 92.4 Å². The SMILES string of the molecule is CC(C)(C)c1ccc2c(c1)c1cc(C(C)(C)C)cc3c1n2B1c2cccc4c2N(c2ccccc2S4)c2c1c-3cc1ccccc21. The van der Waals surface area contributed by atoms with E-state index in [1.165, 1.54) is 92.6 Å². The lowest BCUT2D eigenvalue weighted by Crippen LogP contribution is -2.57. The van der Waals surface area contributed by atoms with Crippen molar-refractivity contribution in [2.75, 3.05) is 4.90 Å². The molecule has 0 amide bonds. The summed E-state index contributed by atoms with van der Waals surface area (Å²) in [5.41, 5.74) is 15.0. The predicted molar refractivity (Wildman–Crippen MR) is 199 cm³/mol. The van der Waals surface area contributed by atoms with Crippen molar-refractivity contribution in [2.45, 2.75) is 62.2 Å². The lowest BCUT2D eigenvalue weighted by molar-refractivity contribution is 0.590. The maximum atomic E-state index is 2.71. The Balaban J connectivity index is 1.45. The fraction of sp³-hybridized carbons (Fsp3) is 0.190. The van der Waals surface area contributed by atoms with Crippen molar-refractivity contribution in [1.82, 2.24) is 4.48 Å². The topological polar surface area (TPSA) is 8.17 Å². The lowest BCUT2D eigenvalue weighted by Gasteiger charge is -2.44. The Morgan fingerprint density at radius 2 is 1.33 bits per heavy atom. The largest absolute Gasteiger partial charge is 0.375 e. The molecule has 0 aliphatic carbocycles. The molecule has 0 radical (unpaired) electrons. The molecule has 0 fully saturated rings. The van der Waals surface area contributed by atoms with Crippen LogP contribution in [0.1, 0.15) is 52.7 Å². The number of rotatable bonds is 0. The molecule has 10 rings (SSSR count). The molecular formula is C42H35BN2S. The highest BCUT2D eigenvalue weighted by molar-refractivity contribution is 7.99. The first-order chi connectivity index (χ1) is 22.1. The highest BCUT2D eigenvalue weighted by Gasteiger charge is 2.46. The molecule has 0 saturated heterocycles. The minimum absolute atomic E-state index is 0.0129. The van der Waals surface area contributed by atoms with Gasteiger partial charge >= 0.3 is 6.85 Å². The molecule has 0 spiro atoms. The van der Waals surface area contributed by atoms with E-state index in [9.17, 15) is 0 Å². The van der Waals surface area contributed by atoms with Crippen LogP contribution < -0.4 is 15.8 Å². The molecule has 3 aliphatic rings. The Morgan fingerprint density at radius 1 is 0.587 bits per heavy atom. The highest BCUT2D eigenvalue weighted by Crippen LogP contribution is 2.55. The van der Waals surface area contributed by atoms with E-state index in [1.54, 1.807) is 0 Å². The summed E-state index contributed by atoms with van der Waals surface area (Å²) >= 11 is 1.91. The van der Waals surface area contributed by atoms with Crippen LogP contribution in [-0.4, -0.2) is 11.3 Å². The Hall–Kier alpha value is -4.41. The molecular weight excluding hydrogens is 575 g/mol. The monoisotopic (exact) mass is 610 g/mol. The first-order valence-corrected chi connectivity index (χ1v) is 17.3. The molecule has 6 aromatic carbocycles. The van der Waals surface area contributed by atoms with Gasteiger partial charge < -0.3 is 9.38 Å². The zero-order chi connectivity index (χ0) is 31.3. The van der Waals surface area contributed by atoms with Gasteiger partial charge in [-0.1, -0.05) is 108 Å². The normalized spacial score (nSPS) is 14.6. The van der Waals surface area contributed by atoms with Crippen molar-refractivity contribution in [2.24, 2.45) is 0 Å². The maximum Gasteiger partial charge on any atom is 0.333 e. The number of nitrogens with zero attached hydrogens (tertiary/aromatic N) is 2. The van der Waals surface area contributed by atoms with E-state index >= 15 is 0 Å². The van der Waals surface area contributed by atoms with Crippen molar-refractivity contribution in [3.63, 3.8) is 0 Å². The average Bonchev–Trinajstić information content (AvgIpc) is 3.36. The van der Waals surface area contributed by atoms with E-state index in [0.29, 0.717) is 0 Å². The fourth-order valence-corrected chi connectivity index (χ4v) is 9.44. The van der Waals surface area contributed by atoms with Crippen LogP contribution in [0.4, 0.5) is 17.1 Å². The van der Waals surface area contributed by atoms with Crippen LogP contribution in [0.2, 0.25) is 0 Å². The van der Waals surface area contributed by atoms with E-state index in [4.69, 9.17) is 0 Å². The van der Waals surface area contributed by atoms with Crippen LogP contribution in [0.3, 0.4) is 0 Å². The van der Waals surface area contributed by atoms with E-state index in [0.717, 1.165) is 0 Å². The predicted octanol–water partition coefficient (Wildman–Crippen LogP) is 10.4. The molecule has 0 saturated carbocycles. The van der Waals surface area contributed by atoms with Gasteiger partial charge in [0.2, 0.25) is 0 Å². The second-order valence-corrected chi connectivity index (χ2v) is 16.5. The summed E-state index contributed by atoms with van der Waals surface area (Å²) in [5.74, 6) is 0. The van der Waals surface area contributed by atoms with Crippen LogP contribution in [-0.2, 0) is 10.8 Å². The van der Waals surface area contributed by atoms with Gasteiger partial charge in [0.05, 0.1) is 17.1 Å². The van der Waals surface area contributed by atoms with Crippen molar-refractivity contribution >= 4 is 79.2 Å². The molecule has 0 atom stereocenters. The van der Waals surface area contributed by atoms with E-state index in [-0.39, 0.29) is 17.7 Å². The second-order valence-electron chi connectivity index (χ2n) is 15.4. The van der Waals surface area contributed by atoms with E-state index in [1.807, 2.05) is 11.8 Å². The van der Waals surface area contributed by atoms with Gasteiger partial charge in [0.25, 0.3) is 0 Å². The molecule has 2 nitrogen and oxygen atoms in total. The van der Waals surface area contributed by atoms with Crippen LogP contribution in [0.5, 0.6) is 0 Å². The Kier molecular flexibility index (Phi) is 5.06. The van der Waals surface area contributed by atoms with Gasteiger partial charge in [-0.15, -0.1) is 0 Å². The summed E-state index contributed by atoms with van der Waals surface area (Å²) < 4.78 is 2.71. The molecule has 4 heteroatoms. The van der Waals surface area contributed by atoms with Gasteiger partial charge in [0, 0.05) is 42.5 Å². The third-order valence-corrected chi connectivity index (χ3v) is 11.7. The summed E-state index contributed by atoms with van der Waals surface area (Å²) in [5, 5.41) is 5.34. The molecule has 3 aliphatic heterocycles. The molecule has 7 aromatic rings. The Morgan fingerprint density at radius 3 is 2.15 bits per heavy atom. The van der Waals surface area contributed by atoms with Gasteiger partial charge in [-0.3, -0.25) is 0 Å². The van der Waals surface area contributed by atoms with E-state index in [2.05, 4.69) is 154 Å². The summed E-state index contributed by atoms with van der Waals surface area (Å²) in [4.78, 5) is 5.24. The van der Waals surface area contributed by atoms with Crippen molar-refractivity contribution < 1.29 is 0 Å². The van der Waals surface area contributed by atoms with E-state index < -0.39 is 0 Å². The van der Waals surface area contributed by atoms with Crippen LogP contribution in [0.25, 0.3) is 43.7 Å². The number of aromatic nitrogens is 1. The third-order valence-electron chi connectivity index (χ3n) is 10.6. The van der Waals surface area contributed by atoms with Gasteiger partial charge in [0.1, 0.15) is 0 Å². The minimum atomic E-state index is 0.0129. The zero-order valence-corrected chi connectivity index (χ0v) is 28.0. The second kappa shape index (κ2) is 8.69. The van der Waals surface area contributed by atoms with Gasteiger partial charge in [0.15, 0.2) is 0 Å². The number of benzene rings is 6. The summed E-state index contributed by atoms with van der Waals surface area (Å²) in [6.45, 7) is 14.1. The molecule has 46 heavy (non-hydrogen) atoms. The number of para-hydroxylation sites is 2. The molecule has 0 N–H and O–H groups in total. The highest BCUT2D eigenvalue weighted by atomic mass is 32.2. The van der Waals surface area contributed by atoms with Crippen LogP contribution in [0, 0.1) is 0 Å². The van der Waals surface area contributed by atoms with Crippen molar-refractivity contribution in [3.8, 4) is 11.1 Å². The van der Waals surface area contributed by atoms with Crippen molar-refractivity contribution in [3.05, 3.63) is 114 Å². The quantitative estimate of drug-likeness (QED) is 0.158. The number of hydrogen-bond acceptors (Lipinski definition) is 2. The Bertz CT molecular complexity index is 2490. The molecule has 1 aromatic heterocycles. The molecule has 222 valence electrons. The maximum absolute atomic E-state index is 2.71. The van der Waals surface area contributed by atoms with Gasteiger partial charge in [-0.25, -0.2) is 0 Å². The zero-order valence-electron chi connectivity index (χ0n) is 27.2. The molecule has 0 bridgehead atoms. The molecule has 4 heterocycles. The third kappa shape index (κ3) is 3.35. The number of hydrogen-bond donors (Lipinski definition) is 0. The summed E-state index contributed by atoms with van der Waals surface area (Å²) in [6.07, 6.45) is 0.